The molecule has 0 aliphatic carbocycles. The summed E-state index contributed by atoms with van der Waals surface area (Å²) in [4.78, 5) is 20.3. The second kappa shape index (κ2) is 7.96. The average Bonchev–Trinajstić information content (AvgIpc) is 2.64. The summed E-state index contributed by atoms with van der Waals surface area (Å²) in [6, 6.07) is 12.3. The minimum Gasteiger partial charge on any atom is -0.355 e. The number of pyridine rings is 2. The predicted molar refractivity (Wildman–Crippen MR) is 99.4 cm³/mol. The number of amides is 1. The summed E-state index contributed by atoms with van der Waals surface area (Å²) in [5.41, 5.74) is 2.78. The van der Waals surface area contributed by atoms with Crippen LogP contribution in [0.2, 0.25) is 10.0 Å². The van der Waals surface area contributed by atoms with Crippen LogP contribution in [0.5, 0.6) is 0 Å². The second-order valence-electron chi connectivity index (χ2n) is 5.22. The zero-order valence-electron chi connectivity index (χ0n) is 13.0. The van der Waals surface area contributed by atoms with Crippen molar-refractivity contribution in [2.45, 2.75) is 6.54 Å². The van der Waals surface area contributed by atoms with Crippen LogP contribution >= 0.6 is 23.2 Å². The lowest BCUT2D eigenvalue weighted by molar-refractivity contribution is 0.0946. The number of hydrogen-bond acceptors (Lipinski definition) is 4. The maximum absolute atomic E-state index is 12.3. The number of rotatable bonds is 5. The van der Waals surface area contributed by atoms with E-state index in [0.29, 0.717) is 22.3 Å². The highest BCUT2D eigenvalue weighted by Crippen LogP contribution is 2.27. The van der Waals surface area contributed by atoms with Gasteiger partial charge in [0.05, 0.1) is 10.0 Å². The molecule has 0 spiro atoms. The number of halogens is 2. The largest absolute Gasteiger partial charge is 0.355 e. The number of hydrogen-bond donors (Lipinski definition) is 2. The van der Waals surface area contributed by atoms with Crippen LogP contribution in [-0.4, -0.2) is 15.9 Å². The van der Waals surface area contributed by atoms with E-state index in [2.05, 4.69) is 20.6 Å². The molecule has 5 nitrogen and oxygen atoms in total. The molecule has 2 N–H and O–H groups in total. The first-order valence-electron chi connectivity index (χ1n) is 7.47. The first-order valence-corrected chi connectivity index (χ1v) is 8.22. The molecule has 0 aliphatic rings. The summed E-state index contributed by atoms with van der Waals surface area (Å²) in [7, 11) is 0. The Morgan fingerprint density at radius 2 is 1.68 bits per heavy atom. The minimum absolute atomic E-state index is 0.255. The van der Waals surface area contributed by atoms with Gasteiger partial charge < -0.3 is 10.6 Å². The lowest BCUT2D eigenvalue weighted by atomic mass is 10.2. The molecule has 3 aromatic rings. The van der Waals surface area contributed by atoms with Crippen LogP contribution in [0.15, 0.2) is 61.1 Å². The Hall–Kier alpha value is -2.63. The molecule has 0 bridgehead atoms. The maximum Gasteiger partial charge on any atom is 0.270 e. The molecular weight excluding hydrogens is 359 g/mol. The number of nitrogens with zero attached hydrogens (tertiary/aromatic N) is 2. The van der Waals surface area contributed by atoms with Gasteiger partial charge >= 0.3 is 0 Å². The molecule has 0 atom stereocenters. The van der Waals surface area contributed by atoms with Crippen LogP contribution < -0.4 is 10.6 Å². The number of nitrogens with one attached hydrogen (secondary N) is 2. The Labute approximate surface area is 155 Å². The third kappa shape index (κ3) is 4.68. The Balaban J connectivity index is 1.68. The summed E-state index contributed by atoms with van der Waals surface area (Å²) in [5, 5.41) is 6.94. The molecule has 25 heavy (non-hydrogen) atoms. The molecule has 126 valence electrons. The highest BCUT2D eigenvalue weighted by Gasteiger charge is 2.08. The number of benzene rings is 1. The molecular formula is C18H14Cl2N4O. The van der Waals surface area contributed by atoms with Crippen molar-refractivity contribution >= 4 is 40.5 Å². The highest BCUT2D eigenvalue weighted by atomic mass is 35.5. The molecule has 0 fully saturated rings. The number of carbonyl (C=O) groups excluding carboxylic acids is 1. The topological polar surface area (TPSA) is 66.9 Å². The van der Waals surface area contributed by atoms with Crippen molar-refractivity contribution in [1.29, 1.82) is 0 Å². The Morgan fingerprint density at radius 1 is 0.920 bits per heavy atom. The Kier molecular flexibility index (Phi) is 5.48. The van der Waals surface area contributed by atoms with E-state index in [0.717, 1.165) is 16.9 Å². The molecule has 7 heteroatoms. The summed E-state index contributed by atoms with van der Waals surface area (Å²) in [5.74, 6) is -0.255. The van der Waals surface area contributed by atoms with E-state index >= 15 is 0 Å². The van der Waals surface area contributed by atoms with Crippen molar-refractivity contribution in [3.8, 4) is 0 Å². The molecule has 2 aromatic heterocycles. The van der Waals surface area contributed by atoms with Crippen molar-refractivity contribution in [3.05, 3.63) is 82.4 Å². The standard InChI is InChI=1S/C18H14Cl2N4O/c19-15-2-1-13(9-16(15)20)24-14-5-8-22-17(10-14)18(25)23-11-12-3-6-21-7-4-12/h1-10H,11H2,(H,22,24)(H,23,25). The van der Waals surface area contributed by atoms with Gasteiger partial charge in [0.1, 0.15) is 5.69 Å². The first kappa shape index (κ1) is 17.2. The van der Waals surface area contributed by atoms with Crippen molar-refractivity contribution in [2.75, 3.05) is 5.32 Å². The van der Waals surface area contributed by atoms with Gasteiger partial charge in [0.25, 0.3) is 5.91 Å². The SMILES string of the molecule is O=C(NCc1ccncc1)c1cc(Nc2ccc(Cl)c(Cl)c2)ccn1. The summed E-state index contributed by atoms with van der Waals surface area (Å²) < 4.78 is 0. The summed E-state index contributed by atoms with van der Waals surface area (Å²) >= 11 is 11.9. The van der Waals surface area contributed by atoms with Crippen LogP contribution in [0, 0.1) is 0 Å². The van der Waals surface area contributed by atoms with Gasteiger partial charge in [0, 0.05) is 36.5 Å². The molecule has 0 radical (unpaired) electrons. The van der Waals surface area contributed by atoms with E-state index in [4.69, 9.17) is 23.2 Å². The van der Waals surface area contributed by atoms with Gasteiger partial charge in [-0.3, -0.25) is 14.8 Å². The molecule has 0 saturated carbocycles. The zero-order valence-corrected chi connectivity index (χ0v) is 14.6. The second-order valence-corrected chi connectivity index (χ2v) is 6.04. The monoisotopic (exact) mass is 372 g/mol. The molecule has 1 aromatic carbocycles. The molecule has 1 amide bonds. The smallest absolute Gasteiger partial charge is 0.270 e. The summed E-state index contributed by atoms with van der Waals surface area (Å²) in [6.07, 6.45) is 4.93. The lowest BCUT2D eigenvalue weighted by Gasteiger charge is -2.09. The van der Waals surface area contributed by atoms with Crippen molar-refractivity contribution in [1.82, 2.24) is 15.3 Å². The average molecular weight is 373 g/mol. The van der Waals surface area contributed by atoms with E-state index in [1.807, 2.05) is 12.1 Å². The van der Waals surface area contributed by atoms with Crippen molar-refractivity contribution < 1.29 is 4.79 Å². The summed E-state index contributed by atoms with van der Waals surface area (Å²) in [6.45, 7) is 0.410. The minimum atomic E-state index is -0.255. The molecule has 0 unspecified atom stereocenters. The third-order valence-electron chi connectivity index (χ3n) is 3.40. The fourth-order valence-electron chi connectivity index (χ4n) is 2.15. The van der Waals surface area contributed by atoms with Gasteiger partial charge in [0.2, 0.25) is 0 Å². The van der Waals surface area contributed by atoms with Gasteiger partial charge in [0.15, 0.2) is 0 Å². The normalized spacial score (nSPS) is 10.3. The fraction of sp³-hybridized carbons (Fsp3) is 0.0556. The first-order chi connectivity index (χ1) is 12.1. The van der Waals surface area contributed by atoms with Gasteiger partial charge in [-0.15, -0.1) is 0 Å². The highest BCUT2D eigenvalue weighted by molar-refractivity contribution is 6.42. The van der Waals surface area contributed by atoms with E-state index in [9.17, 15) is 4.79 Å². The predicted octanol–water partition coefficient (Wildman–Crippen LogP) is 4.46. The van der Waals surface area contributed by atoms with Gasteiger partial charge in [-0.25, -0.2) is 0 Å². The molecule has 2 heterocycles. The van der Waals surface area contributed by atoms with Crippen molar-refractivity contribution in [2.24, 2.45) is 0 Å². The van der Waals surface area contributed by atoms with E-state index in [1.165, 1.54) is 0 Å². The van der Waals surface area contributed by atoms with E-state index < -0.39 is 0 Å². The van der Waals surface area contributed by atoms with Crippen LogP contribution in [0.4, 0.5) is 11.4 Å². The van der Waals surface area contributed by atoms with E-state index in [-0.39, 0.29) is 5.91 Å². The van der Waals surface area contributed by atoms with Crippen LogP contribution in [-0.2, 0) is 6.54 Å². The molecule has 0 aliphatic heterocycles. The van der Waals surface area contributed by atoms with E-state index in [1.54, 1.807) is 48.9 Å². The molecule has 3 rings (SSSR count). The van der Waals surface area contributed by atoms with Crippen LogP contribution in [0.3, 0.4) is 0 Å². The quantitative estimate of drug-likeness (QED) is 0.693. The Bertz CT molecular complexity index is 887. The Morgan fingerprint density at radius 3 is 2.44 bits per heavy atom. The van der Waals surface area contributed by atoms with Crippen LogP contribution in [0.1, 0.15) is 16.1 Å². The maximum atomic E-state index is 12.3. The fourth-order valence-corrected chi connectivity index (χ4v) is 2.44. The van der Waals surface area contributed by atoms with Crippen molar-refractivity contribution in [3.63, 3.8) is 0 Å². The lowest BCUT2D eigenvalue weighted by Crippen LogP contribution is -2.23. The zero-order chi connectivity index (χ0) is 17.6. The number of aromatic nitrogens is 2. The molecule has 0 saturated heterocycles. The van der Waals surface area contributed by atoms with Gasteiger partial charge in [-0.05, 0) is 48.0 Å². The van der Waals surface area contributed by atoms with Gasteiger partial charge in [-0.2, -0.15) is 0 Å². The number of carbonyl (C=O) groups is 1. The number of anilines is 2. The third-order valence-corrected chi connectivity index (χ3v) is 4.14. The van der Waals surface area contributed by atoms with Crippen LogP contribution in [0.25, 0.3) is 0 Å². The van der Waals surface area contributed by atoms with Gasteiger partial charge in [-0.1, -0.05) is 23.2 Å².